The smallest absolute Gasteiger partial charge is 0.338 e. The zero-order chi connectivity index (χ0) is 58.6. The van der Waals surface area contributed by atoms with Gasteiger partial charge in [-0.1, -0.05) is 175 Å². The number of ether oxygens (including phenoxy) is 15. The second-order valence-electron chi connectivity index (χ2n) is 22.4. The average Bonchev–Trinajstić information content (AvgIpc) is 4.17. The van der Waals surface area contributed by atoms with Crippen LogP contribution in [0.4, 0.5) is 0 Å². The van der Waals surface area contributed by atoms with E-state index >= 15 is 0 Å². The molecule has 0 unspecified atom stereocenters. The lowest BCUT2D eigenvalue weighted by Crippen LogP contribution is -2.64. The van der Waals surface area contributed by atoms with Crippen molar-refractivity contribution in [2.24, 2.45) is 5.11 Å². The van der Waals surface area contributed by atoms with E-state index in [0.717, 1.165) is 27.8 Å². The molecule has 0 aromatic heterocycles. The highest BCUT2D eigenvalue weighted by Gasteiger charge is 2.61. The molecular formula is C66H73N3O16. The first kappa shape index (κ1) is 60.2. The number of carbonyl (C=O) groups excluding carboxylic acids is 1. The molecule has 6 aromatic rings. The summed E-state index contributed by atoms with van der Waals surface area (Å²) in [5.74, 6) is -2.68. The van der Waals surface area contributed by atoms with Crippen molar-refractivity contribution in [3.05, 3.63) is 226 Å². The van der Waals surface area contributed by atoms with Crippen LogP contribution in [0.1, 0.15) is 65.9 Å². The van der Waals surface area contributed by atoms with Crippen LogP contribution in [0.5, 0.6) is 0 Å². The van der Waals surface area contributed by atoms with E-state index in [1.807, 2.05) is 166 Å². The molecule has 0 spiro atoms. The molecular weight excluding hydrogens is 1090 g/mol. The molecule has 15 atom stereocenters. The predicted octanol–water partition coefficient (Wildman–Crippen LogP) is 10.3. The van der Waals surface area contributed by atoms with Gasteiger partial charge in [-0.25, -0.2) is 4.79 Å². The van der Waals surface area contributed by atoms with Crippen LogP contribution in [0, 0.1) is 0 Å². The van der Waals surface area contributed by atoms with Crippen LogP contribution in [0.3, 0.4) is 0 Å². The Hall–Kier alpha value is -6.46. The van der Waals surface area contributed by atoms with E-state index in [4.69, 9.17) is 71.1 Å². The molecule has 19 heteroatoms. The van der Waals surface area contributed by atoms with Crippen molar-refractivity contribution in [2.45, 2.75) is 164 Å². The molecule has 6 aromatic carbocycles. The molecule has 0 amide bonds. The van der Waals surface area contributed by atoms with Gasteiger partial charge in [0.1, 0.15) is 73.2 Å². The van der Waals surface area contributed by atoms with Gasteiger partial charge < -0.3 is 71.1 Å². The fourth-order valence-corrected chi connectivity index (χ4v) is 11.3. The minimum atomic E-state index is -1.41. The van der Waals surface area contributed by atoms with E-state index in [0.29, 0.717) is 6.61 Å². The molecule has 0 aliphatic carbocycles. The Kier molecular flexibility index (Phi) is 20.1. The summed E-state index contributed by atoms with van der Waals surface area (Å²) in [7, 11) is 0. The standard InChI is InChI=1S/C66H73N3O16/c1-65(2)82-55-51(80-64-60(58(55)83-65)84-66(3,4)85-64)42-76-62-52(68-69-67)56(81-61(70)48-33-21-10-22-34-48)53(72-36-44-25-13-6-14-26-44)50(78-62)41-77-63-59(75-39-47-31-19-9-20-32-47)57(74-38-46-29-17-8-18-30-46)54(73-37-45-27-15-7-16-28-45)49(79-63)40-71-35-43-23-11-5-12-24-43/h5-34,49-60,62-64H,35-42H2,1-4H3/t49-,50-,51-,52-,53-,54-,55-,56-,57+,58+,59-,60-,62-,63-,64-/m1/s1. The molecule has 11 rings (SSSR count). The second kappa shape index (κ2) is 28.4. The molecule has 0 bridgehead atoms. The molecule has 448 valence electrons. The van der Waals surface area contributed by atoms with Crippen molar-refractivity contribution in [1.29, 1.82) is 0 Å². The lowest BCUT2D eigenvalue weighted by Gasteiger charge is -2.47. The van der Waals surface area contributed by atoms with E-state index in [-0.39, 0.29) is 51.8 Å². The summed E-state index contributed by atoms with van der Waals surface area (Å²) in [4.78, 5) is 17.7. The first-order valence-corrected chi connectivity index (χ1v) is 28.9. The molecule has 19 nitrogen and oxygen atoms in total. The Morgan fingerprint density at radius 2 is 0.847 bits per heavy atom. The maximum Gasteiger partial charge on any atom is 0.338 e. The molecule has 5 heterocycles. The van der Waals surface area contributed by atoms with Gasteiger partial charge >= 0.3 is 5.97 Å². The molecule has 0 saturated carbocycles. The van der Waals surface area contributed by atoms with Crippen LogP contribution in [0.15, 0.2) is 187 Å². The van der Waals surface area contributed by atoms with Gasteiger partial charge in [-0.15, -0.1) is 0 Å². The number of hydrogen-bond acceptors (Lipinski definition) is 17. The third kappa shape index (κ3) is 15.6. The minimum Gasteiger partial charge on any atom is -0.455 e. The van der Waals surface area contributed by atoms with E-state index in [1.54, 1.807) is 44.2 Å². The number of rotatable bonds is 25. The van der Waals surface area contributed by atoms with Gasteiger partial charge in [0.2, 0.25) is 0 Å². The van der Waals surface area contributed by atoms with Crippen molar-refractivity contribution < 1.29 is 75.8 Å². The van der Waals surface area contributed by atoms with E-state index in [1.165, 1.54) is 0 Å². The maximum absolute atomic E-state index is 14.4. The highest BCUT2D eigenvalue weighted by atomic mass is 16.9. The molecule has 5 aliphatic rings. The van der Waals surface area contributed by atoms with Crippen LogP contribution in [-0.4, -0.2) is 129 Å². The zero-order valence-electron chi connectivity index (χ0n) is 48.0. The Labute approximate surface area is 495 Å². The number of fused-ring (bicyclic) bond motifs is 3. The number of carbonyl (C=O) groups is 1. The summed E-state index contributed by atoms with van der Waals surface area (Å²) in [6, 6.07) is 56.1. The second-order valence-corrected chi connectivity index (χ2v) is 22.4. The van der Waals surface area contributed by atoms with Gasteiger partial charge in [-0.2, -0.15) is 0 Å². The SMILES string of the molecule is CC1(C)O[C@H]2O[C@H](CO[C@@H]3O[C@H](CO[C@@H]4O[C@H](COCc5ccccc5)[C@@H](OCc5ccccc5)[C@H](OCc5ccccc5)[C@H]4OCc4ccccc4)[C@@H](OCc4ccccc4)[C@H](OC(=O)c4ccccc4)[C@H]3N=[N+]=[N-])[C@H]3OC(C)(C)O[C@@H]3[C@H]2O1. The highest BCUT2D eigenvalue weighted by molar-refractivity contribution is 5.89. The third-order valence-electron chi connectivity index (χ3n) is 15.3. The molecule has 5 saturated heterocycles. The number of hydrogen-bond donors (Lipinski definition) is 0. The van der Waals surface area contributed by atoms with Crippen LogP contribution in [-0.2, 0) is 104 Å². The van der Waals surface area contributed by atoms with Gasteiger partial charge in [0.15, 0.2) is 30.4 Å². The topological polar surface area (TPSA) is 204 Å². The molecule has 0 radical (unpaired) electrons. The minimum absolute atomic E-state index is 0.0335. The average molecular weight is 1160 g/mol. The lowest BCUT2D eigenvalue weighted by atomic mass is 9.96. The van der Waals surface area contributed by atoms with Crippen LogP contribution in [0.25, 0.3) is 10.4 Å². The third-order valence-corrected chi connectivity index (χ3v) is 15.3. The summed E-state index contributed by atoms with van der Waals surface area (Å²) < 4.78 is 101. The molecule has 0 N–H and O–H groups in total. The summed E-state index contributed by atoms with van der Waals surface area (Å²) in [5, 5.41) is 4.24. The fourth-order valence-electron chi connectivity index (χ4n) is 11.3. The van der Waals surface area contributed by atoms with Gasteiger partial charge in [0, 0.05) is 4.91 Å². The van der Waals surface area contributed by atoms with E-state index in [9.17, 15) is 10.3 Å². The Balaban J connectivity index is 0.947. The Bertz CT molecular complexity index is 3060. The monoisotopic (exact) mass is 1160 g/mol. The van der Waals surface area contributed by atoms with Gasteiger partial charge in [-0.3, -0.25) is 0 Å². The van der Waals surface area contributed by atoms with Gasteiger partial charge in [0.05, 0.1) is 58.4 Å². The number of benzene rings is 6. The molecule has 5 aliphatic heterocycles. The first-order valence-electron chi connectivity index (χ1n) is 28.9. The van der Waals surface area contributed by atoms with Gasteiger partial charge in [-0.05, 0) is 73.2 Å². The quantitative estimate of drug-likeness (QED) is 0.0226. The summed E-state index contributed by atoms with van der Waals surface area (Å²) in [6.07, 6.45) is -13.1. The zero-order valence-corrected chi connectivity index (χ0v) is 48.0. The maximum atomic E-state index is 14.4. The van der Waals surface area contributed by atoms with Crippen molar-refractivity contribution in [1.82, 2.24) is 0 Å². The Morgan fingerprint density at radius 3 is 1.39 bits per heavy atom. The first-order chi connectivity index (χ1) is 41.5. The highest BCUT2D eigenvalue weighted by Crippen LogP contribution is 2.45. The number of azide groups is 1. The van der Waals surface area contributed by atoms with Gasteiger partial charge in [0.25, 0.3) is 0 Å². The largest absolute Gasteiger partial charge is 0.455 e. The van der Waals surface area contributed by atoms with Crippen LogP contribution < -0.4 is 0 Å². The fraction of sp³-hybridized carbons (Fsp3) is 0.439. The Morgan fingerprint density at radius 1 is 0.435 bits per heavy atom. The van der Waals surface area contributed by atoms with E-state index in [2.05, 4.69) is 10.0 Å². The lowest BCUT2D eigenvalue weighted by molar-refractivity contribution is -0.342. The van der Waals surface area contributed by atoms with Crippen molar-refractivity contribution in [3.8, 4) is 0 Å². The summed E-state index contributed by atoms with van der Waals surface area (Å²) >= 11 is 0. The van der Waals surface area contributed by atoms with Crippen LogP contribution >= 0.6 is 0 Å². The van der Waals surface area contributed by atoms with Crippen LogP contribution in [0.2, 0.25) is 0 Å². The summed E-state index contributed by atoms with van der Waals surface area (Å²) in [6.45, 7) is 7.74. The summed E-state index contributed by atoms with van der Waals surface area (Å²) in [5.41, 5.74) is 15.2. The van der Waals surface area contributed by atoms with Crippen molar-refractivity contribution in [2.75, 3.05) is 19.8 Å². The van der Waals surface area contributed by atoms with Crippen molar-refractivity contribution in [3.63, 3.8) is 0 Å². The number of nitrogens with zero attached hydrogens (tertiary/aromatic N) is 3. The normalized spacial score (nSPS) is 30.1. The molecule has 85 heavy (non-hydrogen) atoms. The van der Waals surface area contributed by atoms with E-state index < -0.39 is 110 Å². The predicted molar refractivity (Wildman–Crippen MR) is 307 cm³/mol. The molecule has 5 fully saturated rings. The van der Waals surface area contributed by atoms with Crippen molar-refractivity contribution >= 4 is 5.97 Å². The number of esters is 1.